The van der Waals surface area contributed by atoms with Crippen LogP contribution in [0.1, 0.15) is 21.5 Å². The Hall–Kier alpha value is -3.39. The highest BCUT2D eigenvalue weighted by molar-refractivity contribution is 5.94. The molecule has 1 heterocycles. The number of nitrogens with zero attached hydrogens (tertiary/aromatic N) is 1. The van der Waals surface area contributed by atoms with Gasteiger partial charge < -0.3 is 10.4 Å². The first kappa shape index (κ1) is 21.3. The maximum Gasteiger partial charge on any atom is 0.416 e. The Labute approximate surface area is 170 Å². The van der Waals surface area contributed by atoms with Crippen molar-refractivity contribution < 1.29 is 23.1 Å². The van der Waals surface area contributed by atoms with Gasteiger partial charge in [0.05, 0.1) is 23.8 Å². The molecule has 0 aliphatic rings. The molecule has 0 saturated carbocycles. The van der Waals surface area contributed by atoms with Crippen molar-refractivity contribution in [3.05, 3.63) is 100.0 Å². The molecule has 3 aromatic rings. The van der Waals surface area contributed by atoms with Crippen LogP contribution in [-0.4, -0.2) is 28.2 Å². The minimum Gasteiger partial charge on any atom is -0.394 e. The van der Waals surface area contributed by atoms with Gasteiger partial charge in [0.2, 0.25) is 0 Å². The van der Waals surface area contributed by atoms with Crippen LogP contribution in [0.5, 0.6) is 0 Å². The van der Waals surface area contributed by atoms with Crippen molar-refractivity contribution in [1.82, 2.24) is 9.88 Å². The SMILES string of the molecule is O=C(NC(CO)Cc1ccccc1)c1ccc(=O)n(-c2cccc(C(F)(F)F)c2)c1. The molecule has 0 radical (unpaired) electrons. The lowest BCUT2D eigenvalue weighted by Crippen LogP contribution is -2.39. The second-order valence-corrected chi connectivity index (χ2v) is 6.72. The fourth-order valence-corrected chi connectivity index (χ4v) is 2.98. The van der Waals surface area contributed by atoms with Crippen LogP contribution in [0.2, 0.25) is 0 Å². The zero-order valence-electron chi connectivity index (χ0n) is 15.8. The van der Waals surface area contributed by atoms with Crippen molar-refractivity contribution >= 4 is 5.91 Å². The third-order valence-corrected chi connectivity index (χ3v) is 4.51. The van der Waals surface area contributed by atoms with E-state index in [1.807, 2.05) is 30.3 Å². The van der Waals surface area contributed by atoms with Crippen LogP contribution in [0.25, 0.3) is 5.69 Å². The van der Waals surface area contributed by atoms with Gasteiger partial charge in [-0.25, -0.2) is 0 Å². The van der Waals surface area contributed by atoms with E-state index in [9.17, 15) is 27.9 Å². The van der Waals surface area contributed by atoms with E-state index in [4.69, 9.17) is 0 Å². The minimum atomic E-state index is -4.56. The topological polar surface area (TPSA) is 71.3 Å². The van der Waals surface area contributed by atoms with E-state index < -0.39 is 29.2 Å². The Balaban J connectivity index is 1.84. The summed E-state index contributed by atoms with van der Waals surface area (Å²) in [6.45, 7) is -0.298. The molecule has 1 atom stereocenters. The molecule has 3 rings (SSSR count). The average molecular weight is 416 g/mol. The number of halogens is 3. The Morgan fingerprint density at radius 1 is 1.03 bits per heavy atom. The van der Waals surface area contributed by atoms with Gasteiger partial charge in [-0.05, 0) is 36.2 Å². The largest absolute Gasteiger partial charge is 0.416 e. The predicted molar refractivity (Wildman–Crippen MR) is 106 cm³/mol. The molecular formula is C22H19F3N2O3. The van der Waals surface area contributed by atoms with E-state index in [1.165, 1.54) is 24.4 Å². The number of pyridine rings is 1. The quantitative estimate of drug-likeness (QED) is 0.648. The van der Waals surface area contributed by atoms with E-state index in [0.717, 1.165) is 28.3 Å². The first-order valence-electron chi connectivity index (χ1n) is 9.14. The molecule has 0 aliphatic carbocycles. The molecule has 0 fully saturated rings. The molecule has 5 nitrogen and oxygen atoms in total. The van der Waals surface area contributed by atoms with E-state index >= 15 is 0 Å². The van der Waals surface area contributed by atoms with Crippen molar-refractivity contribution in [2.75, 3.05) is 6.61 Å². The summed E-state index contributed by atoms with van der Waals surface area (Å²) in [4.78, 5) is 24.8. The summed E-state index contributed by atoms with van der Waals surface area (Å²) < 4.78 is 39.9. The maximum atomic E-state index is 13.0. The molecule has 1 unspecified atom stereocenters. The minimum absolute atomic E-state index is 0.00697. The summed E-state index contributed by atoms with van der Waals surface area (Å²) in [7, 11) is 0. The first-order chi connectivity index (χ1) is 14.3. The van der Waals surface area contributed by atoms with E-state index in [0.29, 0.717) is 6.42 Å². The number of hydrogen-bond donors (Lipinski definition) is 2. The lowest BCUT2D eigenvalue weighted by Gasteiger charge is -2.17. The number of aliphatic hydroxyl groups excluding tert-OH is 1. The molecule has 2 aromatic carbocycles. The second-order valence-electron chi connectivity index (χ2n) is 6.72. The van der Waals surface area contributed by atoms with Crippen LogP contribution in [-0.2, 0) is 12.6 Å². The number of amides is 1. The van der Waals surface area contributed by atoms with Crippen LogP contribution >= 0.6 is 0 Å². The van der Waals surface area contributed by atoms with Gasteiger partial charge in [-0.15, -0.1) is 0 Å². The van der Waals surface area contributed by atoms with Gasteiger partial charge in [0, 0.05) is 18.0 Å². The number of benzene rings is 2. The number of nitrogens with one attached hydrogen (secondary N) is 1. The fourth-order valence-electron chi connectivity index (χ4n) is 2.98. The average Bonchev–Trinajstić information content (AvgIpc) is 2.73. The van der Waals surface area contributed by atoms with Crippen LogP contribution in [0.4, 0.5) is 13.2 Å². The van der Waals surface area contributed by atoms with Gasteiger partial charge >= 0.3 is 6.18 Å². The highest BCUT2D eigenvalue weighted by atomic mass is 19.4. The number of aliphatic hydroxyl groups is 1. The van der Waals surface area contributed by atoms with Gasteiger partial charge in [-0.1, -0.05) is 36.4 Å². The highest BCUT2D eigenvalue weighted by Gasteiger charge is 2.30. The summed E-state index contributed by atoms with van der Waals surface area (Å²) >= 11 is 0. The molecule has 8 heteroatoms. The predicted octanol–water partition coefficient (Wildman–Crippen LogP) is 3.19. The van der Waals surface area contributed by atoms with Gasteiger partial charge in [-0.2, -0.15) is 13.2 Å². The zero-order valence-corrected chi connectivity index (χ0v) is 15.8. The first-order valence-corrected chi connectivity index (χ1v) is 9.14. The summed E-state index contributed by atoms with van der Waals surface area (Å²) in [5.74, 6) is -0.550. The summed E-state index contributed by atoms with van der Waals surface area (Å²) in [5, 5.41) is 12.3. The highest BCUT2D eigenvalue weighted by Crippen LogP contribution is 2.30. The van der Waals surface area contributed by atoms with Crippen LogP contribution in [0.15, 0.2) is 77.7 Å². The van der Waals surface area contributed by atoms with Gasteiger partial charge in [0.1, 0.15) is 0 Å². The normalized spacial score (nSPS) is 12.4. The summed E-state index contributed by atoms with van der Waals surface area (Å²) in [5.41, 5.74) is -0.476. The Morgan fingerprint density at radius 2 is 1.77 bits per heavy atom. The Bertz CT molecular complexity index is 1080. The smallest absolute Gasteiger partial charge is 0.394 e. The molecule has 1 amide bonds. The number of aromatic nitrogens is 1. The van der Waals surface area contributed by atoms with Crippen molar-refractivity contribution in [3.63, 3.8) is 0 Å². The van der Waals surface area contributed by atoms with E-state index in [-0.39, 0.29) is 17.9 Å². The molecule has 0 aliphatic heterocycles. The standard InChI is InChI=1S/C22H19F3N2O3/c23-22(24,25)17-7-4-8-19(12-17)27-13-16(9-10-20(27)29)21(30)26-18(14-28)11-15-5-2-1-3-6-15/h1-10,12-13,18,28H,11,14H2,(H,26,30). The second kappa shape index (κ2) is 8.96. The van der Waals surface area contributed by atoms with Crippen LogP contribution in [0.3, 0.4) is 0 Å². The van der Waals surface area contributed by atoms with Crippen molar-refractivity contribution in [2.45, 2.75) is 18.6 Å². The number of carbonyl (C=O) groups excluding carboxylic acids is 1. The summed E-state index contributed by atoms with van der Waals surface area (Å²) in [6, 6.07) is 15.4. The van der Waals surface area contributed by atoms with Crippen LogP contribution < -0.4 is 10.9 Å². The lowest BCUT2D eigenvalue weighted by molar-refractivity contribution is -0.137. The molecule has 0 saturated heterocycles. The summed E-state index contributed by atoms with van der Waals surface area (Å²) in [6.07, 6.45) is -2.97. The number of hydrogen-bond acceptors (Lipinski definition) is 3. The third kappa shape index (κ3) is 5.15. The number of rotatable bonds is 6. The number of carbonyl (C=O) groups is 1. The molecule has 30 heavy (non-hydrogen) atoms. The molecule has 0 bridgehead atoms. The van der Waals surface area contributed by atoms with E-state index in [2.05, 4.69) is 5.32 Å². The number of alkyl halides is 3. The molecule has 2 N–H and O–H groups in total. The molecule has 0 spiro atoms. The Morgan fingerprint density at radius 3 is 2.43 bits per heavy atom. The maximum absolute atomic E-state index is 13.0. The van der Waals surface area contributed by atoms with Gasteiger partial charge in [0.15, 0.2) is 0 Å². The third-order valence-electron chi connectivity index (χ3n) is 4.51. The van der Waals surface area contributed by atoms with E-state index in [1.54, 1.807) is 0 Å². The van der Waals surface area contributed by atoms with Crippen LogP contribution in [0, 0.1) is 0 Å². The Kier molecular flexibility index (Phi) is 6.37. The molecular weight excluding hydrogens is 397 g/mol. The lowest BCUT2D eigenvalue weighted by atomic mass is 10.1. The fraction of sp³-hybridized carbons (Fsp3) is 0.182. The monoisotopic (exact) mass is 416 g/mol. The van der Waals surface area contributed by atoms with Gasteiger partial charge in [-0.3, -0.25) is 14.2 Å². The van der Waals surface area contributed by atoms with Crippen molar-refractivity contribution in [2.24, 2.45) is 0 Å². The molecule has 156 valence electrons. The van der Waals surface area contributed by atoms with Crippen molar-refractivity contribution in [1.29, 1.82) is 0 Å². The van der Waals surface area contributed by atoms with Crippen molar-refractivity contribution in [3.8, 4) is 5.69 Å². The molecule has 1 aromatic heterocycles. The van der Waals surface area contributed by atoms with Gasteiger partial charge in [0.25, 0.3) is 11.5 Å². The zero-order chi connectivity index (χ0) is 21.7.